The third-order valence-corrected chi connectivity index (χ3v) is 3.31. The molecule has 5 heteroatoms. The summed E-state index contributed by atoms with van der Waals surface area (Å²) < 4.78 is 5.09. The number of esters is 1. The molecule has 0 bridgehead atoms. The number of aliphatic imine (C=N–C) groups is 1. The lowest BCUT2D eigenvalue weighted by Crippen LogP contribution is -2.32. The van der Waals surface area contributed by atoms with Crippen LogP contribution in [0.3, 0.4) is 0 Å². The van der Waals surface area contributed by atoms with Crippen LogP contribution in [-0.2, 0) is 14.4 Å². The summed E-state index contributed by atoms with van der Waals surface area (Å²) in [5.74, 6) is 0.578. The summed E-state index contributed by atoms with van der Waals surface area (Å²) >= 11 is 0. The van der Waals surface area contributed by atoms with Gasteiger partial charge < -0.3 is 4.74 Å². The molecule has 0 saturated heterocycles. The maximum absolute atomic E-state index is 10.9. The Morgan fingerprint density at radius 2 is 2.05 bits per heavy atom. The number of hydroxylamine groups is 1. The Labute approximate surface area is 127 Å². The number of amidine groups is 1. The highest BCUT2D eigenvalue weighted by Gasteiger charge is 2.29. The third-order valence-electron chi connectivity index (χ3n) is 3.31. The Bertz CT molecular complexity index is 425. The monoisotopic (exact) mass is 296 g/mol. The molecule has 1 N–H and O–H groups in total. The van der Waals surface area contributed by atoms with Crippen molar-refractivity contribution < 1.29 is 14.4 Å². The van der Waals surface area contributed by atoms with Crippen LogP contribution in [0.15, 0.2) is 17.1 Å². The molecule has 0 aromatic carbocycles. The molecule has 0 saturated carbocycles. The predicted molar refractivity (Wildman–Crippen MR) is 83.7 cm³/mol. The summed E-state index contributed by atoms with van der Waals surface area (Å²) in [7, 11) is 0. The highest BCUT2D eigenvalue weighted by molar-refractivity contribution is 5.89. The van der Waals surface area contributed by atoms with Crippen LogP contribution >= 0.6 is 0 Å². The first-order chi connectivity index (χ1) is 9.66. The van der Waals surface area contributed by atoms with Crippen molar-refractivity contribution in [3.8, 4) is 0 Å². The molecule has 1 atom stereocenters. The van der Waals surface area contributed by atoms with Gasteiger partial charge >= 0.3 is 5.97 Å². The average molecular weight is 296 g/mol. The van der Waals surface area contributed by atoms with E-state index in [0.717, 1.165) is 18.7 Å². The minimum Gasteiger partial charge on any atom is -0.465 e. The molecular weight excluding hydrogens is 268 g/mol. The number of carbonyl (C=O) groups excluding carboxylic acids is 1. The number of nitrogens with zero attached hydrogens (tertiary/aromatic N) is 1. The molecule has 5 nitrogen and oxygen atoms in total. The van der Waals surface area contributed by atoms with Crippen molar-refractivity contribution in [1.82, 2.24) is 5.48 Å². The number of rotatable bonds is 7. The van der Waals surface area contributed by atoms with Crippen LogP contribution in [0.5, 0.6) is 0 Å². The van der Waals surface area contributed by atoms with Gasteiger partial charge in [0, 0.05) is 17.8 Å². The molecule has 0 aliphatic carbocycles. The molecule has 1 heterocycles. The predicted octanol–water partition coefficient (Wildman–Crippen LogP) is 3.22. The number of hydrogen-bond donors (Lipinski definition) is 1. The van der Waals surface area contributed by atoms with E-state index in [1.165, 1.54) is 6.92 Å². The molecule has 0 amide bonds. The Morgan fingerprint density at radius 3 is 2.62 bits per heavy atom. The Balaban J connectivity index is 2.68. The van der Waals surface area contributed by atoms with Crippen molar-refractivity contribution in [2.45, 2.75) is 60.6 Å². The fourth-order valence-corrected chi connectivity index (χ4v) is 1.84. The molecule has 1 unspecified atom stereocenters. The van der Waals surface area contributed by atoms with E-state index in [1.807, 2.05) is 13.8 Å². The molecule has 0 aromatic heterocycles. The van der Waals surface area contributed by atoms with Gasteiger partial charge in [0.15, 0.2) is 6.23 Å². The fraction of sp³-hybridized carbons (Fsp3) is 0.750. The molecule has 21 heavy (non-hydrogen) atoms. The molecule has 120 valence electrons. The normalized spacial score (nSPS) is 19.5. The van der Waals surface area contributed by atoms with Gasteiger partial charge in [0.2, 0.25) is 0 Å². The molecule has 0 fully saturated rings. The second-order valence-corrected chi connectivity index (χ2v) is 6.76. The van der Waals surface area contributed by atoms with Crippen molar-refractivity contribution >= 4 is 11.8 Å². The van der Waals surface area contributed by atoms with Gasteiger partial charge in [-0.05, 0) is 20.3 Å². The summed E-state index contributed by atoms with van der Waals surface area (Å²) in [5.41, 5.74) is 2.46. The van der Waals surface area contributed by atoms with E-state index >= 15 is 0 Å². The Hall–Kier alpha value is -1.36. The Kier molecular flexibility index (Phi) is 5.96. The molecule has 0 radical (unpaired) electrons. The van der Waals surface area contributed by atoms with Crippen molar-refractivity contribution in [1.29, 1.82) is 0 Å². The second-order valence-electron chi connectivity index (χ2n) is 6.76. The van der Waals surface area contributed by atoms with Crippen LogP contribution < -0.4 is 5.48 Å². The number of hydrogen-bond acceptors (Lipinski definition) is 5. The first-order valence-corrected chi connectivity index (χ1v) is 7.50. The van der Waals surface area contributed by atoms with Crippen LogP contribution in [0.25, 0.3) is 0 Å². The van der Waals surface area contributed by atoms with Gasteiger partial charge in [0.1, 0.15) is 5.84 Å². The van der Waals surface area contributed by atoms with Crippen LogP contribution in [0.1, 0.15) is 54.4 Å². The van der Waals surface area contributed by atoms with Crippen LogP contribution in [0.4, 0.5) is 0 Å². The lowest BCUT2D eigenvalue weighted by Gasteiger charge is -2.24. The minimum absolute atomic E-state index is 0.0910. The van der Waals surface area contributed by atoms with Crippen molar-refractivity contribution in [3.05, 3.63) is 12.2 Å². The van der Waals surface area contributed by atoms with Crippen molar-refractivity contribution in [2.24, 2.45) is 15.8 Å². The maximum atomic E-state index is 10.9. The zero-order valence-electron chi connectivity index (χ0n) is 14.0. The highest BCUT2D eigenvalue weighted by atomic mass is 16.7. The topological polar surface area (TPSA) is 59.9 Å². The van der Waals surface area contributed by atoms with E-state index in [-0.39, 0.29) is 23.0 Å². The molecule has 0 spiro atoms. The SMILES string of the molecule is CCCC1N=C(C(C)(C)/C=C/C(C)(C)COC(C)=O)NO1. The van der Waals surface area contributed by atoms with Gasteiger partial charge in [0.25, 0.3) is 0 Å². The summed E-state index contributed by atoms with van der Waals surface area (Å²) in [6.45, 7) is 12.1. The van der Waals surface area contributed by atoms with Crippen LogP contribution in [0.2, 0.25) is 0 Å². The zero-order valence-corrected chi connectivity index (χ0v) is 14.0. The first-order valence-electron chi connectivity index (χ1n) is 7.50. The largest absolute Gasteiger partial charge is 0.465 e. The van der Waals surface area contributed by atoms with Gasteiger partial charge in [-0.1, -0.05) is 39.3 Å². The van der Waals surface area contributed by atoms with E-state index in [4.69, 9.17) is 9.57 Å². The third kappa shape index (κ3) is 5.87. The number of ether oxygens (including phenoxy) is 1. The van der Waals surface area contributed by atoms with Crippen molar-refractivity contribution in [2.75, 3.05) is 6.61 Å². The second kappa shape index (κ2) is 7.07. The summed E-state index contributed by atoms with van der Waals surface area (Å²) in [4.78, 5) is 20.9. The molecule has 1 aliphatic rings. The minimum atomic E-state index is -0.256. The Morgan fingerprint density at radius 1 is 1.38 bits per heavy atom. The number of carbonyl (C=O) groups is 1. The summed E-state index contributed by atoms with van der Waals surface area (Å²) in [6, 6.07) is 0. The van der Waals surface area contributed by atoms with E-state index in [9.17, 15) is 4.79 Å². The van der Waals surface area contributed by atoms with Gasteiger partial charge in [0.05, 0.1) is 6.61 Å². The average Bonchev–Trinajstić information content (AvgIpc) is 2.85. The summed E-state index contributed by atoms with van der Waals surface area (Å²) in [5, 5.41) is 0. The standard InChI is InChI=1S/C16H28N2O3/c1-7-8-13-17-14(18-21-13)16(5,6)10-9-15(3,4)11-20-12(2)19/h9-10,13H,7-8,11H2,1-6H3,(H,17,18)/b10-9+. The van der Waals surface area contributed by atoms with E-state index < -0.39 is 0 Å². The molecule has 1 rings (SSSR count). The lowest BCUT2D eigenvalue weighted by molar-refractivity contribution is -0.143. The van der Waals surface area contributed by atoms with E-state index in [2.05, 4.69) is 43.4 Å². The highest BCUT2D eigenvalue weighted by Crippen LogP contribution is 2.27. The summed E-state index contributed by atoms with van der Waals surface area (Å²) in [6.07, 6.45) is 6.00. The van der Waals surface area contributed by atoms with Gasteiger partial charge in [-0.25, -0.2) is 15.3 Å². The fourth-order valence-electron chi connectivity index (χ4n) is 1.84. The van der Waals surface area contributed by atoms with E-state index in [1.54, 1.807) is 0 Å². The van der Waals surface area contributed by atoms with Gasteiger partial charge in [-0.3, -0.25) is 4.79 Å². The van der Waals surface area contributed by atoms with Gasteiger partial charge in [-0.15, -0.1) is 0 Å². The van der Waals surface area contributed by atoms with Crippen molar-refractivity contribution in [3.63, 3.8) is 0 Å². The molecule has 1 aliphatic heterocycles. The lowest BCUT2D eigenvalue weighted by atomic mass is 9.86. The quantitative estimate of drug-likeness (QED) is 0.579. The van der Waals surface area contributed by atoms with Gasteiger partial charge in [-0.2, -0.15) is 0 Å². The number of nitrogens with one attached hydrogen (secondary N) is 1. The van der Waals surface area contributed by atoms with Crippen LogP contribution in [0, 0.1) is 10.8 Å². The van der Waals surface area contributed by atoms with Crippen LogP contribution in [-0.4, -0.2) is 24.6 Å². The maximum Gasteiger partial charge on any atom is 0.302 e. The van der Waals surface area contributed by atoms with E-state index in [0.29, 0.717) is 6.61 Å². The first kappa shape index (κ1) is 17.7. The molecular formula is C16H28N2O3. The smallest absolute Gasteiger partial charge is 0.302 e. The molecule has 0 aromatic rings. The zero-order chi connectivity index (χ0) is 16.1.